The Morgan fingerprint density at radius 2 is 1.75 bits per heavy atom. The lowest BCUT2D eigenvalue weighted by molar-refractivity contribution is 0.465. The normalized spacial score (nSPS) is 42.0. The van der Waals surface area contributed by atoms with Crippen molar-refractivity contribution in [2.75, 3.05) is 5.75 Å². The van der Waals surface area contributed by atoms with E-state index in [1.807, 2.05) is 0 Å². The van der Waals surface area contributed by atoms with Crippen LogP contribution in [0.4, 0.5) is 0 Å². The molecule has 0 aromatic rings. The van der Waals surface area contributed by atoms with Gasteiger partial charge in [-0.3, -0.25) is 0 Å². The van der Waals surface area contributed by atoms with Gasteiger partial charge in [-0.05, 0) is 23.0 Å². The van der Waals surface area contributed by atoms with E-state index in [4.69, 9.17) is 0 Å². The Hall–Kier alpha value is 0.350. The van der Waals surface area contributed by atoms with E-state index in [1.54, 1.807) is 0 Å². The smallest absolute Gasteiger partial charge is 0.00385 e. The Labute approximate surface area is 57.1 Å². The first-order valence-electron chi connectivity index (χ1n) is 3.13. The molecule has 0 nitrogen and oxygen atoms in total. The van der Waals surface area contributed by atoms with Crippen molar-refractivity contribution >= 4 is 12.6 Å². The summed E-state index contributed by atoms with van der Waals surface area (Å²) in [4.78, 5) is 0. The lowest BCUT2D eigenvalue weighted by Gasteiger charge is -2.09. The van der Waals surface area contributed by atoms with Crippen LogP contribution in [0.5, 0.6) is 0 Å². The molecule has 0 N–H and O–H groups in total. The number of rotatable bonds is 1. The van der Waals surface area contributed by atoms with Crippen LogP contribution in [0, 0.1) is 10.8 Å². The van der Waals surface area contributed by atoms with Crippen LogP contribution in [0.25, 0.3) is 0 Å². The molecular weight excluding hydrogens is 116 g/mol. The minimum atomic E-state index is 0.552. The molecule has 0 radical (unpaired) electrons. The Kier molecular flexibility index (Phi) is 1.16. The fourth-order valence-electron chi connectivity index (χ4n) is 1.20. The Bertz CT molecular complexity index is 107. The summed E-state index contributed by atoms with van der Waals surface area (Å²) in [5.74, 6) is 1.04. The summed E-state index contributed by atoms with van der Waals surface area (Å²) < 4.78 is 0. The third-order valence-corrected chi connectivity index (χ3v) is 3.39. The van der Waals surface area contributed by atoms with Crippen LogP contribution >= 0.6 is 12.6 Å². The van der Waals surface area contributed by atoms with E-state index in [1.165, 1.54) is 6.42 Å². The van der Waals surface area contributed by atoms with E-state index >= 15 is 0 Å². The molecule has 0 spiro atoms. The highest BCUT2D eigenvalue weighted by molar-refractivity contribution is 7.80. The minimum absolute atomic E-state index is 0.552. The van der Waals surface area contributed by atoms with Crippen molar-refractivity contribution < 1.29 is 0 Å². The summed E-state index contributed by atoms with van der Waals surface area (Å²) in [5, 5.41) is 0. The fraction of sp³-hybridized carbons (Fsp3) is 1.00. The van der Waals surface area contributed by atoms with Gasteiger partial charge in [0.05, 0.1) is 0 Å². The van der Waals surface area contributed by atoms with Crippen molar-refractivity contribution in [1.82, 2.24) is 0 Å². The fourth-order valence-corrected chi connectivity index (χ4v) is 1.74. The molecule has 1 aliphatic carbocycles. The standard InChI is InChI=1S/C7H14S/c1-6(2)4-7(6,3)5-8/h8H,4-5H2,1-3H3. The lowest BCUT2D eigenvalue weighted by Crippen LogP contribution is -2.04. The summed E-state index contributed by atoms with van der Waals surface area (Å²) in [5.41, 5.74) is 1.13. The molecule has 1 unspecified atom stereocenters. The molecule has 0 aliphatic heterocycles. The molecular formula is C7H14S. The predicted octanol–water partition coefficient (Wildman–Crippen LogP) is 2.35. The number of hydrogen-bond acceptors (Lipinski definition) is 1. The van der Waals surface area contributed by atoms with E-state index < -0.39 is 0 Å². The second-order valence-electron chi connectivity index (χ2n) is 3.78. The van der Waals surface area contributed by atoms with Gasteiger partial charge in [-0.15, -0.1) is 0 Å². The summed E-state index contributed by atoms with van der Waals surface area (Å²) in [6.45, 7) is 6.92. The second-order valence-corrected chi connectivity index (χ2v) is 4.10. The quantitative estimate of drug-likeness (QED) is 0.517. The molecule has 0 saturated heterocycles. The van der Waals surface area contributed by atoms with Gasteiger partial charge >= 0.3 is 0 Å². The zero-order valence-corrected chi connectivity index (χ0v) is 6.76. The van der Waals surface area contributed by atoms with Crippen LogP contribution in [0.3, 0.4) is 0 Å². The zero-order chi connectivity index (χ0) is 6.41. The SMILES string of the molecule is CC1(C)CC1(C)CS. The van der Waals surface area contributed by atoms with E-state index in [2.05, 4.69) is 33.4 Å². The molecule has 0 heterocycles. The first-order valence-corrected chi connectivity index (χ1v) is 3.76. The topological polar surface area (TPSA) is 0 Å². The number of hydrogen-bond donors (Lipinski definition) is 1. The van der Waals surface area contributed by atoms with Crippen molar-refractivity contribution in [3.05, 3.63) is 0 Å². The van der Waals surface area contributed by atoms with Gasteiger partial charge < -0.3 is 0 Å². The van der Waals surface area contributed by atoms with Crippen molar-refractivity contribution in [3.8, 4) is 0 Å². The van der Waals surface area contributed by atoms with Gasteiger partial charge in [-0.25, -0.2) is 0 Å². The van der Waals surface area contributed by atoms with E-state index in [-0.39, 0.29) is 0 Å². The van der Waals surface area contributed by atoms with Crippen LogP contribution in [0.15, 0.2) is 0 Å². The highest BCUT2D eigenvalue weighted by Crippen LogP contribution is 2.63. The van der Waals surface area contributed by atoms with Gasteiger partial charge in [0.15, 0.2) is 0 Å². The third-order valence-electron chi connectivity index (χ3n) is 2.69. The van der Waals surface area contributed by atoms with Crippen LogP contribution in [0.1, 0.15) is 27.2 Å². The van der Waals surface area contributed by atoms with E-state index in [9.17, 15) is 0 Å². The van der Waals surface area contributed by atoms with Crippen molar-refractivity contribution in [3.63, 3.8) is 0 Å². The van der Waals surface area contributed by atoms with E-state index in [0.717, 1.165) is 5.75 Å². The largest absolute Gasteiger partial charge is 0.179 e. The average molecular weight is 130 g/mol. The molecule has 1 atom stereocenters. The maximum Gasteiger partial charge on any atom is -0.00385 e. The molecule has 0 aromatic carbocycles. The zero-order valence-electron chi connectivity index (χ0n) is 5.86. The van der Waals surface area contributed by atoms with E-state index in [0.29, 0.717) is 10.8 Å². The molecule has 1 heteroatoms. The highest BCUT2D eigenvalue weighted by atomic mass is 32.1. The third kappa shape index (κ3) is 0.680. The average Bonchev–Trinajstić information content (AvgIpc) is 2.10. The van der Waals surface area contributed by atoms with Gasteiger partial charge in [-0.1, -0.05) is 20.8 Å². The van der Waals surface area contributed by atoms with Crippen LogP contribution in [-0.2, 0) is 0 Å². The lowest BCUT2D eigenvalue weighted by atomic mass is 10.0. The van der Waals surface area contributed by atoms with Crippen molar-refractivity contribution in [1.29, 1.82) is 0 Å². The molecule has 1 rings (SSSR count). The molecule has 0 aromatic heterocycles. The van der Waals surface area contributed by atoms with Gasteiger partial charge in [0.2, 0.25) is 0 Å². The Morgan fingerprint density at radius 3 is 1.75 bits per heavy atom. The van der Waals surface area contributed by atoms with Gasteiger partial charge in [0.1, 0.15) is 0 Å². The molecule has 48 valence electrons. The molecule has 0 amide bonds. The summed E-state index contributed by atoms with van der Waals surface area (Å²) in [6.07, 6.45) is 1.35. The summed E-state index contributed by atoms with van der Waals surface area (Å²) >= 11 is 4.28. The van der Waals surface area contributed by atoms with Crippen molar-refractivity contribution in [2.45, 2.75) is 27.2 Å². The monoisotopic (exact) mass is 130 g/mol. The molecule has 8 heavy (non-hydrogen) atoms. The minimum Gasteiger partial charge on any atom is -0.179 e. The van der Waals surface area contributed by atoms with Crippen LogP contribution < -0.4 is 0 Å². The first-order chi connectivity index (χ1) is 3.52. The maximum absolute atomic E-state index is 4.28. The Morgan fingerprint density at radius 1 is 1.38 bits per heavy atom. The molecule has 1 aliphatic rings. The highest BCUT2D eigenvalue weighted by Gasteiger charge is 2.55. The summed E-state index contributed by atoms with van der Waals surface area (Å²) in [6, 6.07) is 0. The van der Waals surface area contributed by atoms with Crippen LogP contribution in [0.2, 0.25) is 0 Å². The maximum atomic E-state index is 4.28. The molecule has 1 fully saturated rings. The summed E-state index contributed by atoms with van der Waals surface area (Å²) in [7, 11) is 0. The number of thiol groups is 1. The molecule has 1 saturated carbocycles. The molecule has 0 bridgehead atoms. The van der Waals surface area contributed by atoms with Gasteiger partial charge in [0.25, 0.3) is 0 Å². The van der Waals surface area contributed by atoms with Crippen LogP contribution in [-0.4, -0.2) is 5.75 Å². The Balaban J connectivity index is 2.55. The van der Waals surface area contributed by atoms with Crippen molar-refractivity contribution in [2.24, 2.45) is 10.8 Å². The second kappa shape index (κ2) is 1.44. The van der Waals surface area contributed by atoms with Gasteiger partial charge in [-0.2, -0.15) is 12.6 Å². The predicted molar refractivity (Wildman–Crippen MR) is 40.4 cm³/mol. The van der Waals surface area contributed by atoms with Gasteiger partial charge in [0, 0.05) is 0 Å². The first kappa shape index (κ1) is 6.47.